The number of cyclic esters (lactones) is 1. The Kier molecular flexibility index (Phi) is 5.45. The van der Waals surface area contributed by atoms with E-state index < -0.39 is 6.09 Å². The van der Waals surface area contributed by atoms with Gasteiger partial charge in [0.1, 0.15) is 0 Å². The van der Waals surface area contributed by atoms with Gasteiger partial charge in [-0.15, -0.1) is 0 Å². The summed E-state index contributed by atoms with van der Waals surface area (Å²) in [5, 5.41) is 2.21. The summed E-state index contributed by atoms with van der Waals surface area (Å²) in [6.07, 6.45) is 8.59. The van der Waals surface area contributed by atoms with Gasteiger partial charge < -0.3 is 9.30 Å². The zero-order valence-electron chi connectivity index (χ0n) is 19.4. The summed E-state index contributed by atoms with van der Waals surface area (Å²) in [5.74, 6) is -0.281. The summed E-state index contributed by atoms with van der Waals surface area (Å²) in [6, 6.07) is 24.6. The van der Waals surface area contributed by atoms with E-state index in [1.807, 2.05) is 36.4 Å². The average molecular weight is 463 g/mol. The monoisotopic (exact) mass is 462 g/mol. The largest absolute Gasteiger partial charge is 0.422 e. The minimum absolute atomic E-state index is 0.0822. The lowest BCUT2D eigenvalue weighted by atomic mass is 9.97. The number of hydrogen-bond donors (Lipinski definition) is 0. The maximum absolute atomic E-state index is 12.9. The number of para-hydroxylation sites is 2. The summed E-state index contributed by atoms with van der Waals surface area (Å²) >= 11 is 0. The molecule has 1 fully saturated rings. The topological polar surface area (TPSA) is 51.5 Å². The molecule has 0 atom stereocenters. The van der Waals surface area contributed by atoms with Crippen LogP contribution in [0.3, 0.4) is 0 Å². The van der Waals surface area contributed by atoms with Gasteiger partial charge in [0, 0.05) is 23.0 Å². The standard InChI is InChI=1S/C30H26N2O3/c33-29-28(35-30(34)31(29)18-17-21-9-3-1-4-10-21)20-22-15-16-27-25(19-22)24-13-7-8-14-26(24)32(27)23-11-5-2-6-12-23/h2,5-9,11-16,19-20H,1,3-4,10,17-18H2. The van der Waals surface area contributed by atoms with E-state index in [1.165, 1.54) is 23.3 Å². The fourth-order valence-corrected chi connectivity index (χ4v) is 5.17. The molecule has 0 spiro atoms. The molecule has 5 heteroatoms. The number of benzene rings is 3. The maximum Gasteiger partial charge on any atom is 0.422 e. The zero-order chi connectivity index (χ0) is 23.8. The number of carbonyl (C=O) groups is 2. The Hall–Kier alpha value is -4.12. The number of carbonyl (C=O) groups excluding carboxylic acids is 2. The van der Waals surface area contributed by atoms with Gasteiger partial charge in [-0.1, -0.05) is 54.1 Å². The predicted molar refractivity (Wildman–Crippen MR) is 138 cm³/mol. The Morgan fingerprint density at radius 2 is 1.66 bits per heavy atom. The van der Waals surface area contributed by atoms with Gasteiger partial charge in [-0.2, -0.15) is 0 Å². The second kappa shape index (κ2) is 8.91. The third kappa shape index (κ3) is 3.93. The molecule has 6 rings (SSSR count). The third-order valence-electron chi connectivity index (χ3n) is 6.92. The molecule has 1 aliphatic heterocycles. The molecule has 0 unspecified atom stereocenters. The van der Waals surface area contributed by atoms with E-state index in [4.69, 9.17) is 4.74 Å². The highest BCUT2D eigenvalue weighted by Crippen LogP contribution is 2.33. The Morgan fingerprint density at radius 3 is 2.49 bits per heavy atom. The van der Waals surface area contributed by atoms with Gasteiger partial charge in [-0.25, -0.2) is 9.69 Å². The molecule has 0 radical (unpaired) electrons. The fraction of sp³-hybridized carbons (Fsp3) is 0.200. The zero-order valence-corrected chi connectivity index (χ0v) is 19.4. The van der Waals surface area contributed by atoms with E-state index >= 15 is 0 Å². The highest BCUT2D eigenvalue weighted by molar-refractivity contribution is 6.12. The molecule has 1 aromatic heterocycles. The molecule has 35 heavy (non-hydrogen) atoms. The van der Waals surface area contributed by atoms with Crippen molar-refractivity contribution in [1.29, 1.82) is 0 Å². The first-order valence-electron chi connectivity index (χ1n) is 12.2. The SMILES string of the molecule is O=C1OC(=Cc2ccc3c(c2)c2ccccc2n3-c2ccccc2)C(=O)N1CCC1=CCCCC1. The van der Waals surface area contributed by atoms with Crippen molar-refractivity contribution in [3.8, 4) is 5.69 Å². The van der Waals surface area contributed by atoms with E-state index in [9.17, 15) is 9.59 Å². The highest BCUT2D eigenvalue weighted by Gasteiger charge is 2.36. The number of allylic oxidation sites excluding steroid dienone is 1. The van der Waals surface area contributed by atoms with Crippen molar-refractivity contribution in [3.05, 3.63) is 95.8 Å². The molecule has 1 saturated heterocycles. The van der Waals surface area contributed by atoms with Crippen LogP contribution in [0.2, 0.25) is 0 Å². The van der Waals surface area contributed by atoms with Gasteiger partial charge in [0.2, 0.25) is 0 Å². The number of aromatic nitrogens is 1. The third-order valence-corrected chi connectivity index (χ3v) is 6.92. The first kappa shape index (κ1) is 21.4. The van der Waals surface area contributed by atoms with Gasteiger partial charge >= 0.3 is 6.09 Å². The molecular weight excluding hydrogens is 436 g/mol. The summed E-state index contributed by atoms with van der Waals surface area (Å²) in [5.41, 5.74) is 5.44. The Bertz CT molecular complexity index is 1510. The Morgan fingerprint density at radius 1 is 0.857 bits per heavy atom. The molecule has 0 N–H and O–H groups in total. The number of imide groups is 1. The lowest BCUT2D eigenvalue weighted by Crippen LogP contribution is -2.30. The van der Waals surface area contributed by atoms with Crippen molar-refractivity contribution in [1.82, 2.24) is 9.47 Å². The van der Waals surface area contributed by atoms with Crippen LogP contribution in [0.25, 0.3) is 33.6 Å². The van der Waals surface area contributed by atoms with E-state index in [1.54, 1.807) is 6.08 Å². The number of ether oxygens (including phenoxy) is 1. The number of rotatable bonds is 5. The van der Waals surface area contributed by atoms with E-state index in [-0.39, 0.29) is 11.7 Å². The van der Waals surface area contributed by atoms with Crippen molar-refractivity contribution in [2.45, 2.75) is 32.1 Å². The van der Waals surface area contributed by atoms with Crippen molar-refractivity contribution < 1.29 is 14.3 Å². The van der Waals surface area contributed by atoms with Crippen LogP contribution < -0.4 is 0 Å². The van der Waals surface area contributed by atoms with E-state index in [2.05, 4.69) is 47.0 Å². The quantitative estimate of drug-likeness (QED) is 0.237. The van der Waals surface area contributed by atoms with Crippen LogP contribution in [-0.4, -0.2) is 28.0 Å². The molecule has 3 aromatic carbocycles. The second-order valence-electron chi connectivity index (χ2n) is 9.16. The van der Waals surface area contributed by atoms with Crippen LogP contribution in [0.1, 0.15) is 37.7 Å². The van der Waals surface area contributed by atoms with Crippen LogP contribution in [0, 0.1) is 0 Å². The molecule has 4 aromatic rings. The first-order chi connectivity index (χ1) is 17.2. The Balaban J connectivity index is 1.33. The first-order valence-corrected chi connectivity index (χ1v) is 12.2. The van der Waals surface area contributed by atoms with Crippen molar-refractivity contribution in [2.75, 3.05) is 6.54 Å². The van der Waals surface area contributed by atoms with Gasteiger partial charge in [0.15, 0.2) is 5.76 Å². The lowest BCUT2D eigenvalue weighted by Gasteiger charge is -2.15. The van der Waals surface area contributed by atoms with Crippen LogP contribution >= 0.6 is 0 Å². The molecule has 1 aliphatic carbocycles. The number of amides is 2. The molecule has 0 bridgehead atoms. The van der Waals surface area contributed by atoms with Crippen molar-refractivity contribution in [3.63, 3.8) is 0 Å². The van der Waals surface area contributed by atoms with E-state index in [0.29, 0.717) is 6.54 Å². The lowest BCUT2D eigenvalue weighted by molar-refractivity contribution is -0.123. The van der Waals surface area contributed by atoms with Crippen LogP contribution in [0.5, 0.6) is 0 Å². The van der Waals surface area contributed by atoms with Crippen LogP contribution in [-0.2, 0) is 9.53 Å². The van der Waals surface area contributed by atoms with Gasteiger partial charge in [0.05, 0.1) is 11.0 Å². The summed E-state index contributed by atoms with van der Waals surface area (Å²) < 4.78 is 7.62. The fourth-order valence-electron chi connectivity index (χ4n) is 5.17. The molecule has 2 heterocycles. The minimum atomic E-state index is -0.584. The number of hydrogen-bond acceptors (Lipinski definition) is 3. The average Bonchev–Trinajstić information content (AvgIpc) is 3.36. The van der Waals surface area contributed by atoms with Gasteiger partial charge in [-0.3, -0.25) is 4.79 Å². The molecule has 2 aliphatic rings. The minimum Gasteiger partial charge on any atom is -0.404 e. The van der Waals surface area contributed by atoms with Crippen molar-refractivity contribution >= 4 is 39.9 Å². The molecule has 5 nitrogen and oxygen atoms in total. The van der Waals surface area contributed by atoms with Crippen molar-refractivity contribution in [2.24, 2.45) is 0 Å². The summed E-state index contributed by atoms with van der Waals surface area (Å²) in [7, 11) is 0. The summed E-state index contributed by atoms with van der Waals surface area (Å²) in [6.45, 7) is 0.366. The number of fused-ring (bicyclic) bond motifs is 3. The van der Waals surface area contributed by atoms with E-state index in [0.717, 1.165) is 52.3 Å². The smallest absolute Gasteiger partial charge is 0.404 e. The predicted octanol–water partition coefficient (Wildman–Crippen LogP) is 6.99. The second-order valence-corrected chi connectivity index (χ2v) is 9.16. The molecule has 174 valence electrons. The van der Waals surface area contributed by atoms with Crippen LogP contribution in [0.15, 0.2) is 90.2 Å². The van der Waals surface area contributed by atoms with Gasteiger partial charge in [-0.05, 0) is 74.1 Å². The highest BCUT2D eigenvalue weighted by atomic mass is 16.6. The maximum atomic E-state index is 12.9. The Labute approximate surface area is 203 Å². The molecule has 0 saturated carbocycles. The summed E-state index contributed by atoms with van der Waals surface area (Å²) in [4.78, 5) is 26.6. The normalized spacial score (nSPS) is 17.4. The van der Waals surface area contributed by atoms with Gasteiger partial charge in [0.25, 0.3) is 5.91 Å². The number of nitrogens with zero attached hydrogens (tertiary/aromatic N) is 2. The molecule has 2 amide bonds. The molecular formula is C30H26N2O3. The van der Waals surface area contributed by atoms with Crippen LogP contribution in [0.4, 0.5) is 4.79 Å².